The van der Waals surface area contributed by atoms with Crippen LogP contribution in [0.2, 0.25) is 0 Å². The third kappa shape index (κ3) is 5.04. The molecule has 4 nitrogen and oxygen atoms in total. The average Bonchev–Trinajstić information content (AvgIpc) is 2.54. The zero-order chi connectivity index (χ0) is 19.4. The molecule has 1 N–H and O–H groups in total. The first-order valence-corrected chi connectivity index (χ1v) is 9.52. The Morgan fingerprint density at radius 2 is 1.96 bits per heavy atom. The Bertz CT molecular complexity index is 557. The average molecular weight is 350 g/mol. The second kappa shape index (κ2) is 8.79. The van der Waals surface area contributed by atoms with Gasteiger partial charge in [-0.2, -0.15) is 0 Å². The SMILES string of the molecule is CCC(=O)C1=CN(CCC(C)C)[C@@H](/C(C)=C/[C@H](C)CC)[C@@](C)(O)C1=O. The summed E-state index contributed by atoms with van der Waals surface area (Å²) in [7, 11) is 0. The molecule has 0 aromatic heterocycles. The van der Waals surface area contributed by atoms with Crippen molar-refractivity contribution in [3.8, 4) is 0 Å². The summed E-state index contributed by atoms with van der Waals surface area (Å²) in [6.07, 6.45) is 6.02. The minimum absolute atomic E-state index is 0.129. The number of Topliss-reactive ketones (excluding diaryl/α,β-unsaturated/α-hetero) is 2. The largest absolute Gasteiger partial charge is 0.379 e. The van der Waals surface area contributed by atoms with Crippen LogP contribution in [0, 0.1) is 11.8 Å². The molecule has 0 bridgehead atoms. The van der Waals surface area contributed by atoms with Gasteiger partial charge in [-0.05, 0) is 32.1 Å². The monoisotopic (exact) mass is 349 g/mol. The molecule has 0 aliphatic carbocycles. The summed E-state index contributed by atoms with van der Waals surface area (Å²) in [5.41, 5.74) is -0.487. The van der Waals surface area contributed by atoms with Gasteiger partial charge in [0.2, 0.25) is 5.78 Å². The molecule has 0 unspecified atom stereocenters. The van der Waals surface area contributed by atoms with Crippen molar-refractivity contribution in [2.75, 3.05) is 6.54 Å². The normalized spacial score (nSPS) is 26.0. The van der Waals surface area contributed by atoms with Crippen molar-refractivity contribution in [3.63, 3.8) is 0 Å². The summed E-state index contributed by atoms with van der Waals surface area (Å²) >= 11 is 0. The highest BCUT2D eigenvalue weighted by molar-refractivity contribution is 6.23. The molecule has 3 atom stereocenters. The number of nitrogens with zero attached hydrogens (tertiary/aromatic N) is 1. The number of aliphatic hydroxyl groups is 1. The number of hydrogen-bond acceptors (Lipinski definition) is 4. The van der Waals surface area contributed by atoms with E-state index in [2.05, 4.69) is 33.8 Å². The topological polar surface area (TPSA) is 57.6 Å². The van der Waals surface area contributed by atoms with Gasteiger partial charge in [0.15, 0.2) is 5.78 Å². The molecule has 142 valence electrons. The van der Waals surface area contributed by atoms with Crippen LogP contribution in [0.4, 0.5) is 0 Å². The molecule has 0 saturated heterocycles. The van der Waals surface area contributed by atoms with Gasteiger partial charge >= 0.3 is 0 Å². The molecule has 0 saturated carbocycles. The number of ketones is 2. The summed E-state index contributed by atoms with van der Waals surface area (Å²) in [6.45, 7) is 14.5. The number of carbonyl (C=O) groups is 2. The van der Waals surface area contributed by atoms with E-state index in [1.54, 1.807) is 20.0 Å². The van der Waals surface area contributed by atoms with Crippen LogP contribution in [-0.4, -0.2) is 39.8 Å². The van der Waals surface area contributed by atoms with Gasteiger partial charge in [-0.15, -0.1) is 0 Å². The predicted octanol–water partition coefficient (Wildman–Crippen LogP) is 3.89. The fourth-order valence-electron chi connectivity index (χ4n) is 3.37. The summed E-state index contributed by atoms with van der Waals surface area (Å²) in [4.78, 5) is 27.0. The van der Waals surface area contributed by atoms with Crippen molar-refractivity contribution in [2.24, 2.45) is 11.8 Å². The lowest BCUT2D eigenvalue weighted by atomic mass is 9.78. The Labute approximate surface area is 153 Å². The van der Waals surface area contributed by atoms with Gasteiger partial charge in [0.05, 0.1) is 11.6 Å². The van der Waals surface area contributed by atoms with E-state index in [9.17, 15) is 14.7 Å². The highest BCUT2D eigenvalue weighted by Crippen LogP contribution is 2.33. The smallest absolute Gasteiger partial charge is 0.201 e. The molecular weight excluding hydrogens is 314 g/mol. The van der Waals surface area contributed by atoms with E-state index >= 15 is 0 Å². The fourth-order valence-corrected chi connectivity index (χ4v) is 3.37. The first-order chi connectivity index (χ1) is 11.6. The second-order valence-electron chi connectivity index (χ2n) is 7.92. The van der Waals surface area contributed by atoms with Crippen molar-refractivity contribution >= 4 is 11.6 Å². The first kappa shape index (κ1) is 21.6. The highest BCUT2D eigenvalue weighted by atomic mass is 16.3. The third-order valence-electron chi connectivity index (χ3n) is 5.07. The highest BCUT2D eigenvalue weighted by Gasteiger charge is 2.48. The zero-order valence-electron chi connectivity index (χ0n) is 16.9. The van der Waals surface area contributed by atoms with Gasteiger partial charge in [0.1, 0.15) is 5.60 Å². The Balaban J connectivity index is 3.37. The van der Waals surface area contributed by atoms with Gasteiger partial charge in [-0.1, -0.05) is 52.7 Å². The molecule has 1 aliphatic rings. The standard InChI is InChI=1S/C21H35NO3/c1-8-15(5)12-16(6)19-21(7,25)20(24)17(18(23)9-2)13-22(19)11-10-14(3)4/h12-15,19,25H,8-11H2,1-7H3/b16-12+/t15-,19+,21-/m1/s1. The Kier molecular flexibility index (Phi) is 7.61. The quantitative estimate of drug-likeness (QED) is 0.533. The summed E-state index contributed by atoms with van der Waals surface area (Å²) < 4.78 is 0. The van der Waals surface area contributed by atoms with E-state index < -0.39 is 17.4 Å². The number of rotatable bonds is 8. The van der Waals surface area contributed by atoms with E-state index in [-0.39, 0.29) is 17.8 Å². The molecule has 0 radical (unpaired) electrons. The van der Waals surface area contributed by atoms with Crippen LogP contribution in [0.5, 0.6) is 0 Å². The molecule has 25 heavy (non-hydrogen) atoms. The van der Waals surface area contributed by atoms with Crippen LogP contribution in [0.1, 0.15) is 67.7 Å². The maximum Gasteiger partial charge on any atom is 0.201 e. The van der Waals surface area contributed by atoms with Crippen LogP contribution in [0.15, 0.2) is 23.4 Å². The second-order valence-corrected chi connectivity index (χ2v) is 7.92. The van der Waals surface area contributed by atoms with Gasteiger partial charge in [-0.3, -0.25) is 9.59 Å². The van der Waals surface area contributed by atoms with Crippen LogP contribution in [-0.2, 0) is 9.59 Å². The molecule has 0 spiro atoms. The molecule has 1 aliphatic heterocycles. The fraction of sp³-hybridized carbons (Fsp3) is 0.714. The van der Waals surface area contributed by atoms with Crippen LogP contribution in [0.3, 0.4) is 0 Å². The lowest BCUT2D eigenvalue weighted by molar-refractivity contribution is -0.140. The van der Waals surface area contributed by atoms with E-state index in [4.69, 9.17) is 0 Å². The van der Waals surface area contributed by atoms with E-state index in [0.717, 1.165) is 18.4 Å². The summed E-state index contributed by atoms with van der Waals surface area (Å²) in [6, 6.07) is -0.429. The predicted molar refractivity (Wildman–Crippen MR) is 102 cm³/mol. The van der Waals surface area contributed by atoms with Crippen LogP contribution < -0.4 is 0 Å². The van der Waals surface area contributed by atoms with Crippen molar-refractivity contribution in [1.29, 1.82) is 0 Å². The molecule has 0 fully saturated rings. The lowest BCUT2D eigenvalue weighted by Crippen LogP contribution is -2.59. The third-order valence-corrected chi connectivity index (χ3v) is 5.07. The zero-order valence-corrected chi connectivity index (χ0v) is 16.9. The van der Waals surface area contributed by atoms with Gasteiger partial charge in [-0.25, -0.2) is 0 Å². The van der Waals surface area contributed by atoms with Gasteiger partial charge in [0.25, 0.3) is 0 Å². The van der Waals surface area contributed by atoms with Crippen molar-refractivity contribution < 1.29 is 14.7 Å². The van der Waals surface area contributed by atoms with E-state index in [0.29, 0.717) is 18.4 Å². The molecule has 0 aromatic rings. The Morgan fingerprint density at radius 1 is 1.36 bits per heavy atom. The molecular formula is C21H35NO3. The van der Waals surface area contributed by atoms with Crippen molar-refractivity contribution in [2.45, 2.75) is 79.4 Å². The molecule has 4 heteroatoms. The van der Waals surface area contributed by atoms with E-state index in [1.165, 1.54) is 0 Å². The molecule has 1 heterocycles. The molecule has 1 rings (SSSR count). The van der Waals surface area contributed by atoms with Crippen LogP contribution >= 0.6 is 0 Å². The minimum Gasteiger partial charge on any atom is -0.379 e. The Morgan fingerprint density at radius 3 is 2.44 bits per heavy atom. The van der Waals surface area contributed by atoms with Crippen molar-refractivity contribution in [3.05, 3.63) is 23.4 Å². The maximum absolute atomic E-state index is 12.8. The van der Waals surface area contributed by atoms with Gasteiger partial charge < -0.3 is 10.0 Å². The number of hydrogen-bond donors (Lipinski definition) is 1. The number of allylic oxidation sites excluding steroid dienone is 1. The maximum atomic E-state index is 12.8. The van der Waals surface area contributed by atoms with Gasteiger partial charge in [0, 0.05) is 19.2 Å². The molecule has 0 amide bonds. The lowest BCUT2D eigenvalue weighted by Gasteiger charge is -2.44. The first-order valence-electron chi connectivity index (χ1n) is 9.52. The number of carbonyl (C=O) groups excluding carboxylic acids is 2. The van der Waals surface area contributed by atoms with Crippen LogP contribution in [0.25, 0.3) is 0 Å². The summed E-state index contributed by atoms with van der Waals surface area (Å²) in [5.74, 6) is 0.213. The molecule has 0 aromatic carbocycles. The van der Waals surface area contributed by atoms with E-state index in [1.807, 2.05) is 11.8 Å². The van der Waals surface area contributed by atoms with Crippen molar-refractivity contribution in [1.82, 2.24) is 4.90 Å². The summed E-state index contributed by atoms with van der Waals surface area (Å²) in [5, 5.41) is 11.1. The minimum atomic E-state index is -1.60. The Hall–Kier alpha value is -1.42.